The second kappa shape index (κ2) is 6.16. The second-order valence-corrected chi connectivity index (χ2v) is 3.19. The molecular formula is C11H14O4. The largest absolute Gasteiger partial charge is 0.462 e. The zero-order valence-electron chi connectivity index (χ0n) is 8.60. The molecule has 0 aliphatic heterocycles. The monoisotopic (exact) mass is 210 g/mol. The fraction of sp³-hybridized carbons (Fsp3) is 0.364. The van der Waals surface area contributed by atoms with Crippen LogP contribution in [-0.4, -0.2) is 24.4 Å². The van der Waals surface area contributed by atoms with Crippen molar-refractivity contribution in [2.45, 2.75) is 13.3 Å². The minimum atomic E-state index is -0.354. The maximum Gasteiger partial charge on any atom is 0.338 e. The Hall–Kier alpha value is -1.39. The first kappa shape index (κ1) is 11.7. The van der Waals surface area contributed by atoms with Crippen molar-refractivity contribution in [1.82, 2.24) is 0 Å². The van der Waals surface area contributed by atoms with Crippen LogP contribution in [0.3, 0.4) is 0 Å². The molecule has 0 aliphatic rings. The van der Waals surface area contributed by atoms with Gasteiger partial charge in [-0.3, -0.25) is 5.26 Å². The summed E-state index contributed by atoms with van der Waals surface area (Å²) in [6.45, 7) is 2.36. The molecule has 0 saturated heterocycles. The third-order valence-corrected chi connectivity index (χ3v) is 1.90. The Morgan fingerprint density at radius 2 is 1.93 bits per heavy atom. The Labute approximate surface area is 88.4 Å². The van der Waals surface area contributed by atoms with Gasteiger partial charge in [0.15, 0.2) is 0 Å². The summed E-state index contributed by atoms with van der Waals surface area (Å²) in [4.78, 5) is 15.2. The van der Waals surface area contributed by atoms with Crippen LogP contribution in [0, 0.1) is 6.92 Å². The average molecular weight is 210 g/mol. The van der Waals surface area contributed by atoms with Crippen molar-refractivity contribution >= 4 is 5.97 Å². The van der Waals surface area contributed by atoms with Crippen LogP contribution < -0.4 is 0 Å². The van der Waals surface area contributed by atoms with E-state index in [1.165, 1.54) is 0 Å². The van der Waals surface area contributed by atoms with E-state index in [9.17, 15) is 4.79 Å². The van der Waals surface area contributed by atoms with Crippen LogP contribution in [0.15, 0.2) is 24.3 Å². The quantitative estimate of drug-likeness (QED) is 0.349. The Bertz CT molecular complexity index is 305. The van der Waals surface area contributed by atoms with Gasteiger partial charge in [0.05, 0.1) is 18.8 Å². The number of ether oxygens (including phenoxy) is 1. The van der Waals surface area contributed by atoms with Crippen LogP contribution in [0.25, 0.3) is 0 Å². The van der Waals surface area contributed by atoms with Crippen LogP contribution in [0.1, 0.15) is 22.3 Å². The molecule has 0 radical (unpaired) electrons. The van der Waals surface area contributed by atoms with Crippen molar-refractivity contribution in [1.29, 1.82) is 0 Å². The smallest absolute Gasteiger partial charge is 0.338 e. The summed E-state index contributed by atoms with van der Waals surface area (Å²) in [5.74, 6) is -0.354. The highest BCUT2D eigenvalue weighted by Gasteiger charge is 2.05. The molecular weight excluding hydrogens is 196 g/mol. The summed E-state index contributed by atoms with van der Waals surface area (Å²) in [5, 5.41) is 8.04. The van der Waals surface area contributed by atoms with Gasteiger partial charge >= 0.3 is 5.97 Å². The zero-order valence-corrected chi connectivity index (χ0v) is 8.60. The fourth-order valence-corrected chi connectivity index (χ4v) is 1.06. The highest BCUT2D eigenvalue weighted by molar-refractivity contribution is 5.89. The Balaban J connectivity index is 2.37. The van der Waals surface area contributed by atoms with Gasteiger partial charge in [-0.1, -0.05) is 17.7 Å². The van der Waals surface area contributed by atoms with Gasteiger partial charge in [0, 0.05) is 6.42 Å². The topological polar surface area (TPSA) is 55.8 Å². The molecule has 0 aromatic heterocycles. The Morgan fingerprint density at radius 3 is 2.53 bits per heavy atom. The molecule has 0 atom stereocenters. The van der Waals surface area contributed by atoms with Gasteiger partial charge in [-0.25, -0.2) is 9.68 Å². The van der Waals surface area contributed by atoms with E-state index >= 15 is 0 Å². The van der Waals surface area contributed by atoms with E-state index in [2.05, 4.69) is 4.89 Å². The first-order chi connectivity index (χ1) is 7.24. The van der Waals surface area contributed by atoms with Crippen LogP contribution in [0.5, 0.6) is 0 Å². The third-order valence-electron chi connectivity index (χ3n) is 1.90. The summed E-state index contributed by atoms with van der Waals surface area (Å²) >= 11 is 0. The summed E-state index contributed by atoms with van der Waals surface area (Å²) in [6, 6.07) is 7.15. The van der Waals surface area contributed by atoms with E-state index in [-0.39, 0.29) is 19.2 Å². The molecule has 0 spiro atoms. The van der Waals surface area contributed by atoms with E-state index in [4.69, 9.17) is 9.99 Å². The molecule has 0 unspecified atom stereocenters. The molecule has 0 amide bonds. The molecule has 0 bridgehead atoms. The maximum absolute atomic E-state index is 11.4. The third kappa shape index (κ3) is 4.10. The van der Waals surface area contributed by atoms with E-state index in [0.717, 1.165) is 5.56 Å². The molecule has 1 aromatic rings. The van der Waals surface area contributed by atoms with Gasteiger partial charge in [0.25, 0.3) is 0 Å². The first-order valence-electron chi connectivity index (χ1n) is 4.74. The van der Waals surface area contributed by atoms with Crippen LogP contribution >= 0.6 is 0 Å². The summed E-state index contributed by atoms with van der Waals surface area (Å²) < 4.78 is 4.94. The van der Waals surface area contributed by atoms with Crippen molar-refractivity contribution in [2.75, 3.05) is 13.2 Å². The zero-order chi connectivity index (χ0) is 11.1. The molecule has 0 fully saturated rings. The molecule has 82 valence electrons. The standard InChI is InChI=1S/C11H14O4/c1-9-3-5-10(6-4-9)11(12)14-7-2-8-15-13/h3-6,13H,2,7-8H2,1H3. The van der Waals surface area contributed by atoms with Crippen molar-refractivity contribution in [3.8, 4) is 0 Å². The molecule has 4 heteroatoms. The van der Waals surface area contributed by atoms with Crippen LogP contribution in [0.2, 0.25) is 0 Å². The second-order valence-electron chi connectivity index (χ2n) is 3.19. The van der Waals surface area contributed by atoms with Gasteiger partial charge in [-0.05, 0) is 19.1 Å². The van der Waals surface area contributed by atoms with Gasteiger partial charge in [-0.15, -0.1) is 0 Å². The first-order valence-corrected chi connectivity index (χ1v) is 4.74. The van der Waals surface area contributed by atoms with E-state index in [0.29, 0.717) is 12.0 Å². The molecule has 0 heterocycles. The summed E-state index contributed by atoms with van der Waals surface area (Å²) in [5.41, 5.74) is 1.63. The summed E-state index contributed by atoms with van der Waals surface area (Å²) in [6.07, 6.45) is 0.480. The van der Waals surface area contributed by atoms with Crippen molar-refractivity contribution < 1.29 is 19.7 Å². The molecule has 0 saturated carbocycles. The van der Waals surface area contributed by atoms with Crippen LogP contribution in [0.4, 0.5) is 0 Å². The summed E-state index contributed by atoms with van der Waals surface area (Å²) in [7, 11) is 0. The highest BCUT2D eigenvalue weighted by Crippen LogP contribution is 2.04. The molecule has 1 aromatic carbocycles. The SMILES string of the molecule is Cc1ccc(C(=O)OCCCOO)cc1. The number of carbonyl (C=O) groups excluding carboxylic acids is 1. The molecule has 1 N–H and O–H groups in total. The van der Waals surface area contributed by atoms with Gasteiger partial charge in [0.1, 0.15) is 0 Å². The molecule has 1 rings (SSSR count). The molecule has 15 heavy (non-hydrogen) atoms. The predicted octanol–water partition coefficient (Wildman–Crippen LogP) is 2.03. The minimum Gasteiger partial charge on any atom is -0.462 e. The maximum atomic E-state index is 11.4. The number of hydrogen-bond acceptors (Lipinski definition) is 4. The van der Waals surface area contributed by atoms with Crippen LogP contribution in [-0.2, 0) is 9.62 Å². The lowest BCUT2D eigenvalue weighted by Gasteiger charge is -2.03. The number of esters is 1. The normalized spacial score (nSPS) is 10.0. The fourth-order valence-electron chi connectivity index (χ4n) is 1.06. The number of carbonyl (C=O) groups is 1. The lowest BCUT2D eigenvalue weighted by Crippen LogP contribution is -2.07. The van der Waals surface area contributed by atoms with Gasteiger partial charge in [0.2, 0.25) is 0 Å². The predicted molar refractivity (Wildman–Crippen MR) is 54.7 cm³/mol. The van der Waals surface area contributed by atoms with Crippen molar-refractivity contribution in [3.05, 3.63) is 35.4 Å². The van der Waals surface area contributed by atoms with Crippen molar-refractivity contribution in [2.24, 2.45) is 0 Å². The minimum absolute atomic E-state index is 0.168. The van der Waals surface area contributed by atoms with Crippen molar-refractivity contribution in [3.63, 3.8) is 0 Å². The molecule has 0 aliphatic carbocycles. The Kier molecular flexibility index (Phi) is 4.80. The van der Waals surface area contributed by atoms with E-state index in [1.807, 2.05) is 19.1 Å². The number of rotatable bonds is 5. The number of aryl methyl sites for hydroxylation is 1. The van der Waals surface area contributed by atoms with E-state index < -0.39 is 0 Å². The number of benzene rings is 1. The lowest BCUT2D eigenvalue weighted by atomic mass is 10.1. The number of hydrogen-bond donors (Lipinski definition) is 1. The lowest BCUT2D eigenvalue weighted by molar-refractivity contribution is -0.243. The van der Waals surface area contributed by atoms with E-state index in [1.54, 1.807) is 12.1 Å². The molecule has 4 nitrogen and oxygen atoms in total. The Morgan fingerprint density at radius 1 is 1.27 bits per heavy atom. The van der Waals surface area contributed by atoms with Gasteiger partial charge in [-0.2, -0.15) is 0 Å². The average Bonchev–Trinajstić information content (AvgIpc) is 2.25. The highest BCUT2D eigenvalue weighted by atomic mass is 17.1. The van der Waals surface area contributed by atoms with Gasteiger partial charge < -0.3 is 4.74 Å².